The van der Waals surface area contributed by atoms with E-state index in [2.05, 4.69) is 15.5 Å². The number of nitrogens with zero attached hydrogens (tertiary/aromatic N) is 2. The summed E-state index contributed by atoms with van der Waals surface area (Å²) in [6, 6.07) is 12.4. The second kappa shape index (κ2) is 7.03. The van der Waals surface area contributed by atoms with Crippen LogP contribution in [0, 0.1) is 6.92 Å². The van der Waals surface area contributed by atoms with Crippen LogP contribution in [-0.4, -0.2) is 16.0 Å². The van der Waals surface area contributed by atoms with Gasteiger partial charge in [0.25, 0.3) is 5.91 Å². The Labute approximate surface area is 148 Å². The number of rotatable bonds is 4. The molecule has 5 nitrogen and oxygen atoms in total. The standard InChI is InChI=1S/C17H13Cl2N3O2/c1-10-3-2-4-11(7-10)16-21-15(24-22-16)9-20-17(23)13-6-5-12(18)8-14(13)19/h2-8H,9H2,1H3,(H,20,23). The molecule has 0 unspecified atom stereocenters. The van der Waals surface area contributed by atoms with Crippen LogP contribution in [0.25, 0.3) is 11.4 Å². The van der Waals surface area contributed by atoms with Crippen molar-refractivity contribution in [2.24, 2.45) is 0 Å². The first kappa shape index (κ1) is 16.5. The number of hydrogen-bond donors (Lipinski definition) is 1. The minimum atomic E-state index is -0.341. The largest absolute Gasteiger partial charge is 0.343 e. The van der Waals surface area contributed by atoms with Crippen molar-refractivity contribution in [3.05, 3.63) is 69.5 Å². The molecule has 0 aliphatic rings. The van der Waals surface area contributed by atoms with Gasteiger partial charge in [0, 0.05) is 10.6 Å². The van der Waals surface area contributed by atoms with Crippen LogP contribution < -0.4 is 5.32 Å². The highest BCUT2D eigenvalue weighted by molar-refractivity contribution is 6.36. The summed E-state index contributed by atoms with van der Waals surface area (Å²) < 4.78 is 5.16. The number of hydrogen-bond acceptors (Lipinski definition) is 4. The normalized spacial score (nSPS) is 10.6. The summed E-state index contributed by atoms with van der Waals surface area (Å²) in [5.74, 6) is 0.449. The molecule has 122 valence electrons. The van der Waals surface area contributed by atoms with Crippen LogP contribution in [0.2, 0.25) is 10.0 Å². The number of amides is 1. The SMILES string of the molecule is Cc1cccc(-c2noc(CNC(=O)c3ccc(Cl)cc3Cl)n2)c1. The van der Waals surface area contributed by atoms with Gasteiger partial charge in [-0.05, 0) is 31.2 Å². The lowest BCUT2D eigenvalue weighted by molar-refractivity contribution is 0.0946. The molecule has 0 radical (unpaired) electrons. The molecule has 1 heterocycles. The van der Waals surface area contributed by atoms with Gasteiger partial charge in [0.15, 0.2) is 0 Å². The van der Waals surface area contributed by atoms with Crippen LogP contribution in [0.1, 0.15) is 21.8 Å². The first-order valence-corrected chi connectivity index (χ1v) is 7.91. The lowest BCUT2D eigenvalue weighted by Gasteiger charge is -2.04. The van der Waals surface area contributed by atoms with Crippen LogP contribution in [0.5, 0.6) is 0 Å². The Morgan fingerprint density at radius 3 is 2.79 bits per heavy atom. The molecule has 7 heteroatoms. The third-order valence-corrected chi connectivity index (χ3v) is 3.87. The fraction of sp³-hybridized carbons (Fsp3) is 0.118. The predicted octanol–water partition coefficient (Wildman–Crippen LogP) is 4.28. The van der Waals surface area contributed by atoms with Gasteiger partial charge >= 0.3 is 0 Å². The maximum atomic E-state index is 12.1. The van der Waals surface area contributed by atoms with Gasteiger partial charge in [-0.25, -0.2) is 0 Å². The van der Waals surface area contributed by atoms with Crippen molar-refractivity contribution in [1.29, 1.82) is 0 Å². The molecule has 24 heavy (non-hydrogen) atoms. The number of carbonyl (C=O) groups is 1. The fourth-order valence-electron chi connectivity index (χ4n) is 2.15. The molecule has 0 atom stereocenters. The summed E-state index contributed by atoms with van der Waals surface area (Å²) in [5.41, 5.74) is 2.29. The van der Waals surface area contributed by atoms with Crippen LogP contribution in [0.4, 0.5) is 0 Å². The summed E-state index contributed by atoms with van der Waals surface area (Å²) in [7, 11) is 0. The van der Waals surface area contributed by atoms with E-state index >= 15 is 0 Å². The van der Waals surface area contributed by atoms with Gasteiger partial charge in [-0.1, -0.05) is 52.1 Å². The molecule has 1 amide bonds. The smallest absolute Gasteiger partial charge is 0.253 e. The van der Waals surface area contributed by atoms with E-state index in [1.807, 2.05) is 31.2 Å². The zero-order chi connectivity index (χ0) is 17.1. The van der Waals surface area contributed by atoms with E-state index in [1.165, 1.54) is 6.07 Å². The lowest BCUT2D eigenvalue weighted by atomic mass is 10.1. The van der Waals surface area contributed by atoms with Crippen LogP contribution >= 0.6 is 23.2 Å². The zero-order valence-electron chi connectivity index (χ0n) is 12.7. The third-order valence-electron chi connectivity index (χ3n) is 3.32. The highest BCUT2D eigenvalue weighted by Crippen LogP contribution is 2.21. The van der Waals surface area contributed by atoms with Gasteiger partial charge in [-0.3, -0.25) is 4.79 Å². The van der Waals surface area contributed by atoms with Gasteiger partial charge in [-0.2, -0.15) is 4.98 Å². The highest BCUT2D eigenvalue weighted by Gasteiger charge is 2.13. The molecule has 0 bridgehead atoms. The molecular formula is C17H13Cl2N3O2. The summed E-state index contributed by atoms with van der Waals surface area (Å²) in [5, 5.41) is 7.37. The maximum Gasteiger partial charge on any atom is 0.253 e. The molecule has 0 saturated carbocycles. The summed E-state index contributed by atoms with van der Waals surface area (Å²) in [6.45, 7) is 2.09. The van der Waals surface area contributed by atoms with E-state index in [0.717, 1.165) is 11.1 Å². The Bertz CT molecular complexity index is 893. The quantitative estimate of drug-likeness (QED) is 0.752. The Hall–Kier alpha value is -2.37. The number of nitrogens with one attached hydrogen (secondary N) is 1. The average molecular weight is 362 g/mol. The van der Waals surface area contributed by atoms with Gasteiger partial charge in [0.1, 0.15) is 0 Å². The number of carbonyl (C=O) groups excluding carboxylic acids is 1. The highest BCUT2D eigenvalue weighted by atomic mass is 35.5. The second-order valence-corrected chi connectivity index (χ2v) is 6.03. The molecule has 0 fully saturated rings. The summed E-state index contributed by atoms with van der Waals surface area (Å²) in [4.78, 5) is 16.4. The van der Waals surface area contributed by atoms with E-state index in [1.54, 1.807) is 12.1 Å². The van der Waals surface area contributed by atoms with E-state index in [9.17, 15) is 4.79 Å². The molecule has 0 saturated heterocycles. The number of aryl methyl sites for hydroxylation is 1. The maximum absolute atomic E-state index is 12.1. The lowest BCUT2D eigenvalue weighted by Crippen LogP contribution is -2.23. The molecule has 1 N–H and O–H groups in total. The monoisotopic (exact) mass is 361 g/mol. The Morgan fingerprint density at radius 2 is 2.04 bits per heavy atom. The van der Waals surface area contributed by atoms with Crippen molar-refractivity contribution in [2.75, 3.05) is 0 Å². The first-order valence-electron chi connectivity index (χ1n) is 7.16. The predicted molar refractivity (Wildman–Crippen MR) is 92.1 cm³/mol. The zero-order valence-corrected chi connectivity index (χ0v) is 14.2. The Balaban J connectivity index is 1.68. The van der Waals surface area contributed by atoms with Gasteiger partial charge in [0.2, 0.25) is 11.7 Å². The third kappa shape index (κ3) is 3.75. The van der Waals surface area contributed by atoms with Crippen LogP contribution in [-0.2, 0) is 6.54 Å². The molecule has 3 rings (SSSR count). The summed E-state index contributed by atoms with van der Waals surface area (Å²) >= 11 is 11.8. The molecule has 2 aromatic carbocycles. The molecule has 0 spiro atoms. The second-order valence-electron chi connectivity index (χ2n) is 5.19. The molecular weight excluding hydrogens is 349 g/mol. The average Bonchev–Trinajstić information content (AvgIpc) is 3.01. The molecule has 0 aliphatic heterocycles. The number of halogens is 2. The van der Waals surface area contributed by atoms with Crippen LogP contribution in [0.15, 0.2) is 47.0 Å². The van der Waals surface area contributed by atoms with Crippen LogP contribution in [0.3, 0.4) is 0 Å². The molecule has 0 aliphatic carbocycles. The van der Waals surface area contributed by atoms with Gasteiger partial charge in [0.05, 0.1) is 17.1 Å². The van der Waals surface area contributed by atoms with Crippen molar-refractivity contribution in [3.8, 4) is 11.4 Å². The fourth-order valence-corrected chi connectivity index (χ4v) is 2.65. The minimum absolute atomic E-state index is 0.108. The topological polar surface area (TPSA) is 68.0 Å². The molecule has 1 aromatic heterocycles. The first-order chi connectivity index (χ1) is 11.5. The van der Waals surface area contributed by atoms with Crippen molar-refractivity contribution in [1.82, 2.24) is 15.5 Å². The number of benzene rings is 2. The Morgan fingerprint density at radius 1 is 1.21 bits per heavy atom. The van der Waals surface area contributed by atoms with E-state index in [0.29, 0.717) is 22.3 Å². The van der Waals surface area contributed by atoms with Gasteiger partial charge in [-0.15, -0.1) is 0 Å². The van der Waals surface area contributed by atoms with E-state index in [-0.39, 0.29) is 17.5 Å². The van der Waals surface area contributed by atoms with Crippen molar-refractivity contribution < 1.29 is 9.32 Å². The van der Waals surface area contributed by atoms with Crippen molar-refractivity contribution in [3.63, 3.8) is 0 Å². The number of aromatic nitrogens is 2. The van der Waals surface area contributed by atoms with Gasteiger partial charge < -0.3 is 9.84 Å². The molecule has 3 aromatic rings. The minimum Gasteiger partial charge on any atom is -0.343 e. The Kier molecular flexibility index (Phi) is 4.83. The van der Waals surface area contributed by atoms with Crippen molar-refractivity contribution >= 4 is 29.1 Å². The van der Waals surface area contributed by atoms with Crippen molar-refractivity contribution in [2.45, 2.75) is 13.5 Å². The van der Waals surface area contributed by atoms with E-state index < -0.39 is 0 Å². The summed E-state index contributed by atoms with van der Waals surface area (Å²) in [6.07, 6.45) is 0. The van der Waals surface area contributed by atoms with E-state index in [4.69, 9.17) is 27.7 Å².